The van der Waals surface area contributed by atoms with Crippen LogP contribution in [0.1, 0.15) is 70.4 Å². The maximum atomic E-state index is 2.50. The molecule has 162 valence electrons. The number of hydrogen-bond acceptors (Lipinski definition) is 1. The van der Waals surface area contributed by atoms with Crippen LogP contribution < -0.4 is 0 Å². The highest BCUT2D eigenvalue weighted by Gasteiger charge is 2.13. The van der Waals surface area contributed by atoms with Gasteiger partial charge in [-0.15, -0.1) is 0 Å². The van der Waals surface area contributed by atoms with E-state index in [2.05, 4.69) is 92.9 Å². The van der Waals surface area contributed by atoms with E-state index in [0.29, 0.717) is 6.04 Å². The summed E-state index contributed by atoms with van der Waals surface area (Å²) in [5.74, 6) is 0. The Balaban J connectivity index is 1.87. The van der Waals surface area contributed by atoms with Gasteiger partial charge >= 0.3 is 0 Å². The molecule has 30 heavy (non-hydrogen) atoms. The lowest BCUT2D eigenvalue weighted by atomic mass is 10.0. The van der Waals surface area contributed by atoms with Crippen molar-refractivity contribution in [3.63, 3.8) is 0 Å². The predicted octanol–water partition coefficient (Wildman–Crippen LogP) is 7.82. The molecule has 0 radical (unpaired) electrons. The molecule has 0 unspecified atom stereocenters. The second-order valence-electron chi connectivity index (χ2n) is 9.23. The van der Waals surface area contributed by atoms with E-state index in [1.807, 2.05) is 0 Å². The molecule has 0 aliphatic rings. The molecule has 0 amide bonds. The molecule has 0 saturated carbocycles. The number of aromatic nitrogens is 1. The van der Waals surface area contributed by atoms with Crippen molar-refractivity contribution in [3.05, 3.63) is 59.8 Å². The molecular weight excluding hydrogens is 364 g/mol. The lowest BCUT2D eigenvalue weighted by molar-refractivity contribution is 0.266. The summed E-state index contributed by atoms with van der Waals surface area (Å²) in [6, 6.07) is 16.4. The van der Waals surface area contributed by atoms with Gasteiger partial charge in [0.05, 0.1) is 0 Å². The Kier molecular flexibility index (Phi) is 8.16. The minimum atomic E-state index is 0.543. The zero-order chi connectivity index (χ0) is 21.5. The molecule has 0 atom stereocenters. The molecule has 1 heterocycles. The fourth-order valence-corrected chi connectivity index (χ4v) is 4.20. The second kappa shape index (κ2) is 10.8. The molecule has 2 aromatic carbocycles. The fourth-order valence-electron chi connectivity index (χ4n) is 4.20. The third-order valence-electron chi connectivity index (χ3n) is 6.37. The van der Waals surface area contributed by atoms with Crippen molar-refractivity contribution < 1.29 is 0 Å². The van der Waals surface area contributed by atoms with Gasteiger partial charge < -0.3 is 4.57 Å². The van der Waals surface area contributed by atoms with E-state index in [-0.39, 0.29) is 0 Å². The van der Waals surface area contributed by atoms with Crippen LogP contribution in [-0.2, 0) is 13.1 Å². The summed E-state index contributed by atoms with van der Waals surface area (Å²) in [6.45, 7) is 11.1. The quantitative estimate of drug-likeness (QED) is 0.296. The van der Waals surface area contributed by atoms with Crippen molar-refractivity contribution in [3.8, 4) is 11.1 Å². The van der Waals surface area contributed by atoms with Gasteiger partial charge in [-0.25, -0.2) is 0 Å². The molecule has 0 N–H and O–H groups in total. The summed E-state index contributed by atoms with van der Waals surface area (Å²) in [5, 5.41) is 1.41. The number of aryl methyl sites for hydroxylation is 2. The zero-order valence-corrected chi connectivity index (χ0v) is 19.7. The van der Waals surface area contributed by atoms with E-state index in [4.69, 9.17) is 0 Å². The topological polar surface area (TPSA) is 8.17 Å². The molecule has 0 saturated heterocycles. The predicted molar refractivity (Wildman–Crippen MR) is 132 cm³/mol. The molecule has 0 fully saturated rings. The summed E-state index contributed by atoms with van der Waals surface area (Å²) < 4.78 is 2.50. The molecule has 1 aromatic heterocycles. The van der Waals surface area contributed by atoms with Gasteiger partial charge in [-0.2, -0.15) is 0 Å². The summed E-state index contributed by atoms with van der Waals surface area (Å²) in [4.78, 5) is 2.43. The zero-order valence-electron chi connectivity index (χ0n) is 19.7. The number of hydrogen-bond donors (Lipinski definition) is 0. The minimum Gasteiger partial charge on any atom is -0.347 e. The standard InChI is InChI=1S/C28H40N2/c1-6-7-8-9-10-11-17-30-21-26(20-29(5)22(2)3)27-19-25(15-16-28(27)30)24-14-12-13-23(4)18-24/h12-16,18-19,21-22H,6-11,17,20H2,1-5H3. The number of benzene rings is 2. The highest BCUT2D eigenvalue weighted by atomic mass is 15.1. The third kappa shape index (κ3) is 5.76. The van der Waals surface area contributed by atoms with Crippen molar-refractivity contribution >= 4 is 10.9 Å². The Hall–Kier alpha value is -2.06. The molecule has 2 nitrogen and oxygen atoms in total. The first-order chi connectivity index (χ1) is 14.5. The van der Waals surface area contributed by atoms with Crippen molar-refractivity contribution in [1.82, 2.24) is 9.47 Å². The second-order valence-corrected chi connectivity index (χ2v) is 9.23. The monoisotopic (exact) mass is 404 g/mol. The average molecular weight is 405 g/mol. The Labute approximate surface area is 183 Å². The Morgan fingerprint density at radius 3 is 2.37 bits per heavy atom. The number of nitrogens with zero attached hydrogens (tertiary/aromatic N) is 2. The number of unbranched alkanes of at least 4 members (excludes halogenated alkanes) is 5. The van der Waals surface area contributed by atoms with Gasteiger partial charge in [0.15, 0.2) is 0 Å². The Morgan fingerprint density at radius 2 is 1.63 bits per heavy atom. The molecule has 0 spiro atoms. The van der Waals surface area contributed by atoms with Crippen LogP contribution in [0.2, 0.25) is 0 Å². The molecule has 3 aromatic rings. The van der Waals surface area contributed by atoms with Crippen LogP contribution in [0, 0.1) is 6.92 Å². The molecule has 0 aliphatic heterocycles. The van der Waals surface area contributed by atoms with E-state index >= 15 is 0 Å². The van der Waals surface area contributed by atoms with Crippen molar-refractivity contribution in [1.29, 1.82) is 0 Å². The van der Waals surface area contributed by atoms with Crippen molar-refractivity contribution in [2.24, 2.45) is 0 Å². The van der Waals surface area contributed by atoms with Gasteiger partial charge in [0.2, 0.25) is 0 Å². The van der Waals surface area contributed by atoms with Gasteiger partial charge in [-0.1, -0.05) is 74.9 Å². The van der Waals surface area contributed by atoms with Crippen LogP contribution in [-0.4, -0.2) is 22.6 Å². The molecule has 3 rings (SSSR count). The molecule has 0 bridgehead atoms. The summed E-state index contributed by atoms with van der Waals surface area (Å²) >= 11 is 0. The van der Waals surface area contributed by atoms with Crippen LogP contribution >= 0.6 is 0 Å². The first-order valence-electron chi connectivity index (χ1n) is 11.9. The van der Waals surface area contributed by atoms with E-state index in [0.717, 1.165) is 13.1 Å². The van der Waals surface area contributed by atoms with Gasteiger partial charge in [-0.3, -0.25) is 4.90 Å². The van der Waals surface area contributed by atoms with Gasteiger partial charge in [-0.05, 0) is 63.1 Å². The number of fused-ring (bicyclic) bond motifs is 1. The molecular formula is C28H40N2. The fraction of sp³-hybridized carbons (Fsp3) is 0.500. The van der Waals surface area contributed by atoms with Crippen LogP contribution in [0.25, 0.3) is 22.0 Å². The van der Waals surface area contributed by atoms with Gasteiger partial charge in [0, 0.05) is 36.2 Å². The first-order valence-corrected chi connectivity index (χ1v) is 11.9. The molecule has 2 heteroatoms. The first kappa shape index (κ1) is 22.6. The highest BCUT2D eigenvalue weighted by Crippen LogP contribution is 2.30. The van der Waals surface area contributed by atoms with E-state index in [1.165, 1.54) is 71.7 Å². The normalized spacial score (nSPS) is 11.8. The summed E-state index contributed by atoms with van der Waals surface area (Å²) in [6.07, 6.45) is 10.5. The Bertz CT molecular complexity index is 935. The van der Waals surface area contributed by atoms with E-state index in [9.17, 15) is 0 Å². The highest BCUT2D eigenvalue weighted by molar-refractivity contribution is 5.88. The van der Waals surface area contributed by atoms with Crippen LogP contribution in [0.3, 0.4) is 0 Å². The molecule has 0 aliphatic carbocycles. The largest absolute Gasteiger partial charge is 0.347 e. The lowest BCUT2D eigenvalue weighted by Gasteiger charge is -2.20. The average Bonchev–Trinajstić information content (AvgIpc) is 3.07. The van der Waals surface area contributed by atoms with Crippen LogP contribution in [0.4, 0.5) is 0 Å². The van der Waals surface area contributed by atoms with E-state index < -0.39 is 0 Å². The third-order valence-corrected chi connectivity index (χ3v) is 6.37. The number of rotatable bonds is 11. The van der Waals surface area contributed by atoms with Crippen LogP contribution in [0.15, 0.2) is 48.7 Å². The van der Waals surface area contributed by atoms with Crippen LogP contribution in [0.5, 0.6) is 0 Å². The SMILES string of the molecule is CCCCCCCCn1cc(CN(C)C(C)C)c2cc(-c3cccc(C)c3)ccc21. The lowest BCUT2D eigenvalue weighted by Crippen LogP contribution is -2.25. The van der Waals surface area contributed by atoms with Gasteiger partial charge in [0.25, 0.3) is 0 Å². The summed E-state index contributed by atoms with van der Waals surface area (Å²) in [5.41, 5.74) is 6.77. The smallest absolute Gasteiger partial charge is 0.0484 e. The van der Waals surface area contributed by atoms with E-state index in [1.54, 1.807) is 0 Å². The van der Waals surface area contributed by atoms with Gasteiger partial charge in [0.1, 0.15) is 0 Å². The Morgan fingerprint density at radius 1 is 0.900 bits per heavy atom. The summed E-state index contributed by atoms with van der Waals surface area (Å²) in [7, 11) is 2.23. The maximum Gasteiger partial charge on any atom is 0.0484 e. The van der Waals surface area contributed by atoms with Crippen molar-refractivity contribution in [2.45, 2.75) is 85.4 Å². The van der Waals surface area contributed by atoms with Crippen molar-refractivity contribution in [2.75, 3.05) is 7.05 Å². The minimum absolute atomic E-state index is 0.543. The maximum absolute atomic E-state index is 2.50.